The van der Waals surface area contributed by atoms with Crippen LogP contribution in [0.4, 0.5) is 0 Å². The number of pyridine rings is 1. The molecule has 2 aromatic rings. The van der Waals surface area contributed by atoms with E-state index in [4.69, 9.17) is 4.74 Å². The number of carbonyl (C=O) groups is 1. The smallest absolute Gasteiger partial charge is 0.244 e. The van der Waals surface area contributed by atoms with Gasteiger partial charge in [-0.1, -0.05) is 50.8 Å². The zero-order chi connectivity index (χ0) is 22.4. The lowest BCUT2D eigenvalue weighted by Crippen LogP contribution is -2.55. The molecule has 1 amide bonds. The molecule has 2 atom stereocenters. The standard InChI is InChI=1S/C23H29N3O4S/c1-4-21(27)25-23-17(2)15-26(16-18(23)3)31(28,29)20-10-11-22(24-14-20)30-13-12-19-8-6-5-7-9-19/h4-11,14,17-18,23H,1,12-13,15-16H2,2-3H3,(H,25,27). The van der Waals surface area contributed by atoms with Crippen molar-refractivity contribution in [3.05, 3.63) is 66.9 Å². The number of aromatic nitrogens is 1. The van der Waals surface area contributed by atoms with Gasteiger partial charge in [0.15, 0.2) is 0 Å². The Bertz CT molecular complexity index is 981. The van der Waals surface area contributed by atoms with E-state index in [-0.39, 0.29) is 28.7 Å². The Balaban J connectivity index is 1.61. The van der Waals surface area contributed by atoms with Gasteiger partial charge in [-0.25, -0.2) is 13.4 Å². The van der Waals surface area contributed by atoms with E-state index in [0.29, 0.717) is 25.6 Å². The number of carbonyl (C=O) groups excluding carboxylic acids is 1. The molecule has 1 fully saturated rings. The van der Waals surface area contributed by atoms with Gasteiger partial charge in [0, 0.05) is 31.6 Å². The first-order valence-corrected chi connectivity index (χ1v) is 11.8. The van der Waals surface area contributed by atoms with Gasteiger partial charge in [-0.2, -0.15) is 4.31 Å². The molecule has 2 unspecified atom stereocenters. The third-order valence-corrected chi connectivity index (χ3v) is 7.35. The highest BCUT2D eigenvalue weighted by molar-refractivity contribution is 7.89. The highest BCUT2D eigenvalue weighted by atomic mass is 32.2. The fourth-order valence-electron chi connectivity index (χ4n) is 3.88. The fourth-order valence-corrected chi connectivity index (χ4v) is 5.47. The molecule has 8 heteroatoms. The number of benzene rings is 1. The van der Waals surface area contributed by atoms with Crippen molar-refractivity contribution in [3.63, 3.8) is 0 Å². The van der Waals surface area contributed by atoms with Gasteiger partial charge in [0.05, 0.1) is 12.8 Å². The third kappa shape index (κ3) is 5.71. The number of ether oxygens (including phenoxy) is 1. The van der Waals surface area contributed by atoms with Crippen molar-refractivity contribution in [2.24, 2.45) is 11.8 Å². The Morgan fingerprint density at radius 3 is 2.45 bits per heavy atom. The van der Waals surface area contributed by atoms with Crippen LogP contribution in [-0.4, -0.2) is 49.4 Å². The Kier molecular flexibility index (Phi) is 7.46. The highest BCUT2D eigenvalue weighted by Gasteiger charge is 2.38. The van der Waals surface area contributed by atoms with Gasteiger partial charge >= 0.3 is 0 Å². The number of amides is 1. The zero-order valence-corrected chi connectivity index (χ0v) is 18.7. The van der Waals surface area contributed by atoms with Gasteiger partial charge < -0.3 is 10.1 Å². The van der Waals surface area contributed by atoms with Crippen LogP contribution in [-0.2, 0) is 21.2 Å². The van der Waals surface area contributed by atoms with Gasteiger partial charge in [0.25, 0.3) is 0 Å². The molecular formula is C23H29N3O4S. The van der Waals surface area contributed by atoms with E-state index in [0.717, 1.165) is 12.0 Å². The largest absolute Gasteiger partial charge is 0.477 e. The SMILES string of the molecule is C=CC(=O)NC1C(C)CN(S(=O)(=O)c2ccc(OCCc3ccccc3)nc2)CC1C. The summed E-state index contributed by atoms with van der Waals surface area (Å²) in [6.07, 6.45) is 3.32. The molecule has 1 aromatic heterocycles. The summed E-state index contributed by atoms with van der Waals surface area (Å²) in [6, 6.07) is 13.0. The summed E-state index contributed by atoms with van der Waals surface area (Å²) in [4.78, 5) is 16.0. The average molecular weight is 444 g/mol. The van der Waals surface area contributed by atoms with E-state index in [1.54, 1.807) is 6.07 Å². The number of nitrogens with zero attached hydrogens (tertiary/aromatic N) is 2. The summed E-state index contributed by atoms with van der Waals surface area (Å²) >= 11 is 0. The number of piperidine rings is 1. The van der Waals surface area contributed by atoms with E-state index >= 15 is 0 Å². The monoisotopic (exact) mass is 443 g/mol. The van der Waals surface area contributed by atoms with Crippen molar-refractivity contribution in [2.45, 2.75) is 31.2 Å². The molecule has 0 radical (unpaired) electrons. The average Bonchev–Trinajstić information content (AvgIpc) is 2.77. The van der Waals surface area contributed by atoms with Gasteiger partial charge in [-0.3, -0.25) is 4.79 Å². The number of rotatable bonds is 8. The Labute approximate surface area is 184 Å². The maximum absolute atomic E-state index is 13.1. The zero-order valence-electron chi connectivity index (χ0n) is 17.9. The van der Waals surface area contributed by atoms with Gasteiger partial charge in [-0.15, -0.1) is 0 Å². The van der Waals surface area contributed by atoms with Gasteiger partial charge in [0.2, 0.25) is 21.8 Å². The van der Waals surface area contributed by atoms with E-state index in [9.17, 15) is 13.2 Å². The van der Waals surface area contributed by atoms with Crippen molar-refractivity contribution in [3.8, 4) is 5.88 Å². The topological polar surface area (TPSA) is 88.6 Å². The Hall–Kier alpha value is -2.71. The van der Waals surface area contributed by atoms with Crippen LogP contribution in [0.1, 0.15) is 19.4 Å². The van der Waals surface area contributed by atoms with Crippen LogP contribution >= 0.6 is 0 Å². The van der Waals surface area contributed by atoms with E-state index in [2.05, 4.69) is 16.9 Å². The molecule has 0 spiro atoms. The summed E-state index contributed by atoms with van der Waals surface area (Å²) in [5, 5.41) is 2.91. The molecule has 31 heavy (non-hydrogen) atoms. The predicted octanol–water partition coefficient (Wildman–Crippen LogP) is 2.65. The van der Waals surface area contributed by atoms with Crippen LogP contribution in [0, 0.1) is 11.8 Å². The van der Waals surface area contributed by atoms with Crippen LogP contribution < -0.4 is 10.1 Å². The number of hydrogen-bond donors (Lipinski definition) is 1. The first-order chi connectivity index (χ1) is 14.8. The fraction of sp³-hybridized carbons (Fsp3) is 0.391. The van der Waals surface area contributed by atoms with Crippen molar-refractivity contribution in [1.82, 2.24) is 14.6 Å². The molecule has 166 valence electrons. The molecule has 1 aliphatic rings. The summed E-state index contributed by atoms with van der Waals surface area (Å²) in [5.41, 5.74) is 1.16. The van der Waals surface area contributed by atoms with E-state index < -0.39 is 10.0 Å². The lowest BCUT2D eigenvalue weighted by Gasteiger charge is -2.40. The maximum atomic E-state index is 13.1. The molecule has 1 saturated heterocycles. The van der Waals surface area contributed by atoms with Gasteiger partial charge in [0.1, 0.15) is 4.90 Å². The minimum Gasteiger partial charge on any atom is -0.477 e. The van der Waals surface area contributed by atoms with Crippen molar-refractivity contribution in [2.75, 3.05) is 19.7 Å². The number of nitrogens with one attached hydrogen (secondary N) is 1. The normalized spacial score (nSPS) is 21.9. The first-order valence-electron chi connectivity index (χ1n) is 10.4. The Morgan fingerprint density at radius 2 is 1.87 bits per heavy atom. The van der Waals surface area contributed by atoms with Crippen LogP contribution in [0.2, 0.25) is 0 Å². The second-order valence-electron chi connectivity index (χ2n) is 7.93. The third-order valence-electron chi connectivity index (χ3n) is 5.53. The molecule has 2 heterocycles. The quantitative estimate of drug-likeness (QED) is 0.634. The molecule has 1 aromatic carbocycles. The van der Waals surface area contributed by atoms with Crippen LogP contribution in [0.25, 0.3) is 0 Å². The van der Waals surface area contributed by atoms with E-state index in [1.807, 2.05) is 44.2 Å². The lowest BCUT2D eigenvalue weighted by molar-refractivity contribution is -0.118. The van der Waals surface area contributed by atoms with Crippen molar-refractivity contribution in [1.29, 1.82) is 0 Å². The molecule has 0 saturated carbocycles. The van der Waals surface area contributed by atoms with Gasteiger partial charge in [-0.05, 0) is 29.5 Å². The molecule has 0 aliphatic carbocycles. The van der Waals surface area contributed by atoms with Crippen LogP contribution in [0.5, 0.6) is 5.88 Å². The van der Waals surface area contributed by atoms with Crippen molar-refractivity contribution >= 4 is 15.9 Å². The predicted molar refractivity (Wildman–Crippen MR) is 119 cm³/mol. The molecule has 3 rings (SSSR count). The molecular weight excluding hydrogens is 414 g/mol. The molecule has 7 nitrogen and oxygen atoms in total. The molecule has 0 bridgehead atoms. The summed E-state index contributed by atoms with van der Waals surface area (Å²) in [5.74, 6) is 0.0847. The maximum Gasteiger partial charge on any atom is 0.244 e. The number of hydrogen-bond acceptors (Lipinski definition) is 5. The minimum absolute atomic E-state index is 0.0315. The highest BCUT2D eigenvalue weighted by Crippen LogP contribution is 2.27. The summed E-state index contributed by atoms with van der Waals surface area (Å²) < 4.78 is 33.3. The Morgan fingerprint density at radius 1 is 1.19 bits per heavy atom. The van der Waals surface area contributed by atoms with Crippen molar-refractivity contribution < 1.29 is 17.9 Å². The van der Waals surface area contributed by atoms with Crippen LogP contribution in [0.3, 0.4) is 0 Å². The minimum atomic E-state index is -3.68. The molecule has 1 aliphatic heterocycles. The van der Waals surface area contributed by atoms with E-state index in [1.165, 1.54) is 22.6 Å². The summed E-state index contributed by atoms with van der Waals surface area (Å²) in [6.45, 7) is 8.46. The second kappa shape index (κ2) is 10.1. The number of sulfonamides is 1. The van der Waals surface area contributed by atoms with Crippen LogP contribution in [0.15, 0.2) is 66.2 Å². The summed E-state index contributed by atoms with van der Waals surface area (Å²) in [7, 11) is -3.68. The first kappa shape index (κ1) is 23.0. The molecule has 1 N–H and O–H groups in total. The second-order valence-corrected chi connectivity index (χ2v) is 9.87. The lowest BCUT2D eigenvalue weighted by atomic mass is 9.87.